The molecule has 102 valence electrons. The molecule has 0 aromatic carbocycles. The first-order valence-corrected chi connectivity index (χ1v) is 8.02. The Kier molecular flexibility index (Phi) is 4.95. The van der Waals surface area contributed by atoms with Crippen molar-refractivity contribution in [1.29, 1.82) is 0 Å². The van der Waals surface area contributed by atoms with Crippen LogP contribution in [-0.2, 0) is 14.6 Å². The zero-order valence-corrected chi connectivity index (χ0v) is 11.8. The Balaban J connectivity index is 2.64. The molecule has 0 aromatic rings. The summed E-state index contributed by atoms with van der Waals surface area (Å²) in [5, 5.41) is 0. The van der Waals surface area contributed by atoms with E-state index in [-0.39, 0.29) is 11.3 Å². The van der Waals surface area contributed by atoms with E-state index >= 15 is 0 Å². The van der Waals surface area contributed by atoms with Crippen LogP contribution in [0.15, 0.2) is 0 Å². The summed E-state index contributed by atoms with van der Waals surface area (Å²) < 4.78 is 27.8. The summed E-state index contributed by atoms with van der Waals surface area (Å²) in [6.45, 7) is 4.62. The maximum Gasteiger partial charge on any atom is 0.148 e. The minimum atomic E-state index is -2.92. The van der Waals surface area contributed by atoms with E-state index in [2.05, 4.69) is 11.8 Å². The summed E-state index contributed by atoms with van der Waals surface area (Å²) in [5.74, 6) is 0.559. The summed E-state index contributed by atoms with van der Waals surface area (Å²) in [5.41, 5.74) is 5.70. The fraction of sp³-hybridized carbons (Fsp3) is 1.00. The van der Waals surface area contributed by atoms with E-state index in [1.165, 1.54) is 6.26 Å². The number of hydrogen-bond donors (Lipinski definition) is 1. The van der Waals surface area contributed by atoms with Crippen molar-refractivity contribution in [2.45, 2.75) is 18.9 Å². The van der Waals surface area contributed by atoms with Crippen LogP contribution in [-0.4, -0.2) is 64.2 Å². The van der Waals surface area contributed by atoms with Gasteiger partial charge in [0.05, 0.1) is 12.4 Å². The van der Waals surface area contributed by atoms with E-state index in [1.807, 2.05) is 7.05 Å². The monoisotopic (exact) mass is 264 g/mol. The highest BCUT2D eigenvalue weighted by Crippen LogP contribution is 2.29. The van der Waals surface area contributed by atoms with Gasteiger partial charge in [-0.2, -0.15) is 0 Å². The first-order valence-electron chi connectivity index (χ1n) is 5.96. The summed E-state index contributed by atoms with van der Waals surface area (Å²) in [6, 6.07) is 0. The predicted octanol–water partition coefficient (Wildman–Crippen LogP) is -0.283. The Morgan fingerprint density at radius 1 is 1.53 bits per heavy atom. The summed E-state index contributed by atoms with van der Waals surface area (Å²) >= 11 is 0. The fourth-order valence-electron chi connectivity index (χ4n) is 2.22. The van der Waals surface area contributed by atoms with E-state index in [0.29, 0.717) is 19.0 Å². The van der Waals surface area contributed by atoms with Gasteiger partial charge in [0.1, 0.15) is 9.84 Å². The molecule has 1 fully saturated rings. The Labute approximate surface area is 104 Å². The molecular formula is C11H24N2O3S. The molecule has 0 aromatic heterocycles. The number of rotatable bonds is 6. The number of sulfone groups is 1. The minimum absolute atomic E-state index is 0.173. The van der Waals surface area contributed by atoms with Crippen LogP contribution < -0.4 is 5.73 Å². The van der Waals surface area contributed by atoms with Gasteiger partial charge in [0, 0.05) is 37.4 Å². The van der Waals surface area contributed by atoms with E-state index in [1.54, 1.807) is 0 Å². The minimum Gasteiger partial charge on any atom is -0.381 e. The molecule has 0 aliphatic carbocycles. The Hall–Kier alpha value is -0.170. The van der Waals surface area contributed by atoms with Crippen molar-refractivity contribution >= 4 is 9.84 Å². The van der Waals surface area contributed by atoms with Crippen LogP contribution in [0.4, 0.5) is 0 Å². The number of ether oxygens (including phenoxy) is 1. The van der Waals surface area contributed by atoms with Gasteiger partial charge in [-0.15, -0.1) is 0 Å². The molecule has 2 atom stereocenters. The SMILES string of the molecule is CN(CCS(C)(=O)=O)C(C)(CN)C1CCOC1. The summed E-state index contributed by atoms with van der Waals surface area (Å²) in [4.78, 5) is 2.06. The molecule has 0 spiro atoms. The van der Waals surface area contributed by atoms with E-state index < -0.39 is 9.84 Å². The predicted molar refractivity (Wildman–Crippen MR) is 68.7 cm³/mol. The smallest absolute Gasteiger partial charge is 0.148 e. The molecule has 2 unspecified atom stereocenters. The molecule has 1 rings (SSSR count). The van der Waals surface area contributed by atoms with Gasteiger partial charge >= 0.3 is 0 Å². The third-order valence-corrected chi connectivity index (χ3v) is 4.82. The lowest BCUT2D eigenvalue weighted by Gasteiger charge is -2.42. The van der Waals surface area contributed by atoms with Gasteiger partial charge in [-0.3, -0.25) is 4.90 Å². The van der Waals surface area contributed by atoms with Gasteiger partial charge in [-0.25, -0.2) is 8.42 Å². The molecule has 1 aliphatic rings. The maximum atomic E-state index is 11.2. The lowest BCUT2D eigenvalue weighted by atomic mass is 9.83. The lowest BCUT2D eigenvalue weighted by molar-refractivity contribution is 0.0716. The van der Waals surface area contributed by atoms with Crippen molar-refractivity contribution in [3.8, 4) is 0 Å². The molecule has 1 heterocycles. The summed E-state index contributed by atoms with van der Waals surface area (Å²) in [6.07, 6.45) is 2.26. The average molecular weight is 264 g/mol. The molecule has 17 heavy (non-hydrogen) atoms. The molecule has 0 bridgehead atoms. The summed E-state index contributed by atoms with van der Waals surface area (Å²) in [7, 11) is -0.984. The van der Waals surface area contributed by atoms with Gasteiger partial charge < -0.3 is 10.5 Å². The van der Waals surface area contributed by atoms with Crippen LogP contribution in [0.1, 0.15) is 13.3 Å². The van der Waals surface area contributed by atoms with Crippen molar-refractivity contribution in [3.05, 3.63) is 0 Å². The fourth-order valence-corrected chi connectivity index (χ4v) is 2.82. The van der Waals surface area contributed by atoms with Gasteiger partial charge in [-0.1, -0.05) is 0 Å². The third-order valence-electron chi connectivity index (χ3n) is 3.89. The second-order valence-electron chi connectivity index (χ2n) is 5.17. The molecule has 1 aliphatic heterocycles. The highest BCUT2D eigenvalue weighted by molar-refractivity contribution is 7.90. The van der Waals surface area contributed by atoms with Crippen LogP contribution in [0.25, 0.3) is 0 Å². The largest absolute Gasteiger partial charge is 0.381 e. The Bertz CT molecular complexity index is 339. The average Bonchev–Trinajstić information content (AvgIpc) is 2.77. The number of nitrogens with two attached hydrogens (primary N) is 1. The van der Waals surface area contributed by atoms with Crippen molar-refractivity contribution < 1.29 is 13.2 Å². The van der Waals surface area contributed by atoms with E-state index in [4.69, 9.17) is 10.5 Å². The zero-order chi connectivity index (χ0) is 13.1. The van der Waals surface area contributed by atoms with Crippen molar-refractivity contribution in [2.75, 3.05) is 45.4 Å². The second kappa shape index (κ2) is 5.65. The number of likely N-dealkylation sites (N-methyl/N-ethyl adjacent to an activating group) is 1. The highest BCUT2D eigenvalue weighted by atomic mass is 32.2. The molecule has 0 radical (unpaired) electrons. The van der Waals surface area contributed by atoms with Crippen LogP contribution in [0.2, 0.25) is 0 Å². The Morgan fingerprint density at radius 3 is 2.59 bits per heavy atom. The molecule has 2 N–H and O–H groups in total. The molecule has 0 saturated carbocycles. The van der Waals surface area contributed by atoms with Crippen LogP contribution >= 0.6 is 0 Å². The topological polar surface area (TPSA) is 72.6 Å². The van der Waals surface area contributed by atoms with Crippen molar-refractivity contribution in [3.63, 3.8) is 0 Å². The molecule has 0 amide bonds. The second-order valence-corrected chi connectivity index (χ2v) is 7.43. The van der Waals surface area contributed by atoms with Crippen LogP contribution in [0.3, 0.4) is 0 Å². The first-order chi connectivity index (χ1) is 7.79. The van der Waals surface area contributed by atoms with Gasteiger partial charge in [0.2, 0.25) is 0 Å². The highest BCUT2D eigenvalue weighted by Gasteiger charge is 2.38. The zero-order valence-electron chi connectivity index (χ0n) is 11.0. The number of hydrogen-bond acceptors (Lipinski definition) is 5. The molecule has 1 saturated heterocycles. The van der Waals surface area contributed by atoms with Crippen molar-refractivity contribution in [1.82, 2.24) is 4.90 Å². The van der Waals surface area contributed by atoms with E-state index in [0.717, 1.165) is 19.6 Å². The van der Waals surface area contributed by atoms with E-state index in [9.17, 15) is 8.42 Å². The van der Waals surface area contributed by atoms with Crippen molar-refractivity contribution in [2.24, 2.45) is 11.7 Å². The maximum absolute atomic E-state index is 11.2. The standard InChI is InChI=1S/C11H24N2O3S/c1-11(9-12,10-4-6-16-8-10)13(2)5-7-17(3,14)15/h10H,4-9,12H2,1-3H3. The van der Waals surface area contributed by atoms with Crippen LogP contribution in [0.5, 0.6) is 0 Å². The molecule has 5 nitrogen and oxygen atoms in total. The normalized spacial score (nSPS) is 25.1. The molecular weight excluding hydrogens is 240 g/mol. The van der Waals surface area contributed by atoms with Gasteiger partial charge in [0.15, 0.2) is 0 Å². The van der Waals surface area contributed by atoms with Crippen LogP contribution in [0, 0.1) is 5.92 Å². The molecule has 6 heteroatoms. The first kappa shape index (κ1) is 14.9. The van der Waals surface area contributed by atoms with Gasteiger partial charge in [0.25, 0.3) is 0 Å². The quantitative estimate of drug-likeness (QED) is 0.714. The third kappa shape index (κ3) is 3.91. The lowest BCUT2D eigenvalue weighted by Crippen LogP contribution is -2.56. The van der Waals surface area contributed by atoms with Gasteiger partial charge in [-0.05, 0) is 20.4 Å². The Morgan fingerprint density at radius 2 is 2.18 bits per heavy atom. The number of nitrogens with zero attached hydrogens (tertiary/aromatic N) is 1.